The number of carbonyl (C=O) groups excluding carboxylic acids is 1. The van der Waals surface area contributed by atoms with E-state index in [4.69, 9.17) is 16.3 Å². The standard InChI is InChI=1S/C21H25ClN2O2/c1-15-14-17-6-4-5-7-20(17)24(15)21(25)16(2)23(3)12-13-26-19-10-8-18(22)9-11-19/h4-11,15-16H,12-14H2,1-3H3/p+1/t15-,16+/m0/s1. The molecule has 0 aliphatic carbocycles. The Morgan fingerprint density at radius 3 is 2.69 bits per heavy atom. The zero-order chi connectivity index (χ0) is 18.7. The van der Waals surface area contributed by atoms with Crippen LogP contribution in [0.15, 0.2) is 48.5 Å². The number of nitrogens with one attached hydrogen (secondary N) is 1. The number of hydrogen-bond acceptors (Lipinski definition) is 2. The van der Waals surface area contributed by atoms with Crippen molar-refractivity contribution >= 4 is 23.2 Å². The number of likely N-dealkylation sites (N-methyl/N-ethyl adjacent to an activating group) is 1. The van der Waals surface area contributed by atoms with E-state index in [0.717, 1.165) is 29.3 Å². The summed E-state index contributed by atoms with van der Waals surface area (Å²) in [7, 11) is 2.04. The second-order valence-corrected chi connectivity index (χ2v) is 7.45. The van der Waals surface area contributed by atoms with E-state index < -0.39 is 0 Å². The van der Waals surface area contributed by atoms with Crippen molar-refractivity contribution < 1.29 is 14.4 Å². The number of para-hydroxylation sites is 1. The number of ether oxygens (including phenoxy) is 1. The Labute approximate surface area is 160 Å². The summed E-state index contributed by atoms with van der Waals surface area (Å²) < 4.78 is 5.76. The smallest absolute Gasteiger partial charge is 0.285 e. The largest absolute Gasteiger partial charge is 0.488 e. The van der Waals surface area contributed by atoms with Gasteiger partial charge >= 0.3 is 0 Å². The lowest BCUT2D eigenvalue weighted by Gasteiger charge is -2.28. The molecule has 0 saturated carbocycles. The van der Waals surface area contributed by atoms with E-state index in [2.05, 4.69) is 13.0 Å². The number of rotatable bonds is 6. The zero-order valence-electron chi connectivity index (χ0n) is 15.5. The number of anilines is 1. The van der Waals surface area contributed by atoms with Gasteiger partial charge in [-0.1, -0.05) is 29.8 Å². The summed E-state index contributed by atoms with van der Waals surface area (Å²) in [5.74, 6) is 0.967. The number of halogens is 1. The van der Waals surface area contributed by atoms with Crippen LogP contribution < -0.4 is 14.5 Å². The minimum absolute atomic E-state index is 0.127. The minimum atomic E-state index is -0.127. The van der Waals surface area contributed by atoms with E-state index in [1.165, 1.54) is 5.56 Å². The van der Waals surface area contributed by atoms with Crippen molar-refractivity contribution in [2.75, 3.05) is 25.1 Å². The second kappa shape index (κ2) is 8.11. The van der Waals surface area contributed by atoms with Gasteiger partial charge in [-0.15, -0.1) is 0 Å². The first-order valence-electron chi connectivity index (χ1n) is 9.09. The van der Waals surface area contributed by atoms with Gasteiger partial charge in [-0.2, -0.15) is 0 Å². The molecule has 4 nitrogen and oxygen atoms in total. The summed E-state index contributed by atoms with van der Waals surface area (Å²) in [5.41, 5.74) is 2.31. The maximum absolute atomic E-state index is 13.1. The van der Waals surface area contributed by atoms with E-state index in [0.29, 0.717) is 11.6 Å². The van der Waals surface area contributed by atoms with Crippen LogP contribution in [0.2, 0.25) is 5.02 Å². The van der Waals surface area contributed by atoms with Crippen LogP contribution in [0.25, 0.3) is 0 Å². The van der Waals surface area contributed by atoms with Gasteiger partial charge in [-0.05, 0) is 56.2 Å². The molecule has 1 aliphatic rings. The molecule has 138 valence electrons. The van der Waals surface area contributed by atoms with Crippen LogP contribution in [0.5, 0.6) is 5.75 Å². The lowest BCUT2D eigenvalue weighted by Crippen LogP contribution is -3.14. The van der Waals surface area contributed by atoms with E-state index in [-0.39, 0.29) is 18.0 Å². The summed E-state index contributed by atoms with van der Waals surface area (Å²) in [6.07, 6.45) is 0.924. The fraction of sp³-hybridized carbons (Fsp3) is 0.381. The number of hydrogen-bond donors (Lipinski definition) is 1. The van der Waals surface area contributed by atoms with E-state index in [9.17, 15) is 4.79 Å². The van der Waals surface area contributed by atoms with Crippen LogP contribution in [-0.2, 0) is 11.2 Å². The maximum Gasteiger partial charge on any atom is 0.285 e. The summed E-state index contributed by atoms with van der Waals surface area (Å²) in [6.45, 7) is 5.41. The van der Waals surface area contributed by atoms with Crippen molar-refractivity contribution in [1.29, 1.82) is 0 Å². The van der Waals surface area contributed by atoms with Crippen molar-refractivity contribution in [2.24, 2.45) is 0 Å². The molecule has 0 radical (unpaired) electrons. The van der Waals surface area contributed by atoms with Crippen molar-refractivity contribution in [1.82, 2.24) is 0 Å². The Hall–Kier alpha value is -2.04. The van der Waals surface area contributed by atoms with Crippen LogP contribution in [0.1, 0.15) is 19.4 Å². The number of fused-ring (bicyclic) bond motifs is 1. The molecule has 5 heteroatoms. The van der Waals surface area contributed by atoms with Crippen molar-refractivity contribution in [3.63, 3.8) is 0 Å². The van der Waals surface area contributed by atoms with Gasteiger partial charge in [0.25, 0.3) is 5.91 Å². The highest BCUT2D eigenvalue weighted by molar-refractivity contribution is 6.30. The van der Waals surface area contributed by atoms with Gasteiger partial charge in [0.1, 0.15) is 18.9 Å². The number of carbonyl (C=O) groups is 1. The molecule has 1 aliphatic heterocycles. The molecule has 0 saturated heterocycles. The number of quaternary nitrogens is 1. The van der Waals surface area contributed by atoms with Gasteiger partial charge in [-0.25, -0.2) is 0 Å². The van der Waals surface area contributed by atoms with Crippen LogP contribution >= 0.6 is 11.6 Å². The normalized spacial score (nSPS) is 18.3. The van der Waals surface area contributed by atoms with E-state index in [1.807, 2.05) is 61.3 Å². The zero-order valence-corrected chi connectivity index (χ0v) is 16.3. The Bertz CT molecular complexity index is 763. The molecule has 2 aromatic rings. The molecule has 1 amide bonds. The van der Waals surface area contributed by atoms with Crippen LogP contribution in [0.3, 0.4) is 0 Å². The number of nitrogens with zero attached hydrogens (tertiary/aromatic N) is 1. The third-order valence-corrected chi connectivity index (χ3v) is 5.39. The molecule has 0 bridgehead atoms. The van der Waals surface area contributed by atoms with Gasteiger partial charge in [-0.3, -0.25) is 4.79 Å². The molecule has 1 heterocycles. The SMILES string of the molecule is C[C@H](C(=O)N1c2ccccc2C[C@@H]1C)[NH+](C)CCOc1ccc(Cl)cc1. The van der Waals surface area contributed by atoms with Gasteiger partial charge in [0.2, 0.25) is 0 Å². The van der Waals surface area contributed by atoms with Crippen LogP contribution in [-0.4, -0.2) is 38.2 Å². The van der Waals surface area contributed by atoms with Crippen LogP contribution in [0, 0.1) is 0 Å². The highest BCUT2D eigenvalue weighted by Gasteiger charge is 2.35. The summed E-state index contributed by atoms with van der Waals surface area (Å²) in [4.78, 5) is 16.2. The Morgan fingerprint density at radius 1 is 1.27 bits per heavy atom. The first kappa shape index (κ1) is 18.7. The third kappa shape index (κ3) is 4.02. The molecule has 0 aromatic heterocycles. The monoisotopic (exact) mass is 373 g/mol. The fourth-order valence-electron chi connectivity index (χ4n) is 3.40. The van der Waals surface area contributed by atoms with Gasteiger partial charge in [0.15, 0.2) is 6.04 Å². The maximum atomic E-state index is 13.1. The second-order valence-electron chi connectivity index (χ2n) is 7.01. The Kier molecular flexibility index (Phi) is 5.84. The minimum Gasteiger partial charge on any atom is -0.488 e. The first-order chi connectivity index (χ1) is 12.5. The molecular formula is C21H26ClN2O2+. The predicted octanol–water partition coefficient (Wildman–Crippen LogP) is 2.60. The highest BCUT2D eigenvalue weighted by atomic mass is 35.5. The average molecular weight is 374 g/mol. The van der Waals surface area contributed by atoms with Crippen LogP contribution in [0.4, 0.5) is 5.69 Å². The molecule has 3 rings (SSSR count). The molecule has 0 spiro atoms. The molecular weight excluding hydrogens is 348 g/mol. The molecule has 1 unspecified atom stereocenters. The van der Waals surface area contributed by atoms with Gasteiger partial charge in [0.05, 0.1) is 7.05 Å². The third-order valence-electron chi connectivity index (χ3n) is 5.13. The van der Waals surface area contributed by atoms with Crippen molar-refractivity contribution in [2.45, 2.75) is 32.4 Å². The Morgan fingerprint density at radius 2 is 1.96 bits per heavy atom. The van der Waals surface area contributed by atoms with Gasteiger partial charge in [0, 0.05) is 16.8 Å². The van der Waals surface area contributed by atoms with E-state index >= 15 is 0 Å². The summed E-state index contributed by atoms with van der Waals surface area (Å²) in [5, 5.41) is 0.694. The Balaban J connectivity index is 1.57. The molecule has 0 fully saturated rings. The quantitative estimate of drug-likeness (QED) is 0.844. The molecule has 2 aromatic carbocycles. The lowest BCUT2D eigenvalue weighted by molar-refractivity contribution is -0.894. The van der Waals surface area contributed by atoms with Crippen molar-refractivity contribution in [3.05, 3.63) is 59.1 Å². The summed E-state index contributed by atoms with van der Waals surface area (Å²) >= 11 is 5.88. The lowest BCUT2D eigenvalue weighted by atomic mass is 10.1. The van der Waals surface area contributed by atoms with E-state index in [1.54, 1.807) is 0 Å². The molecule has 26 heavy (non-hydrogen) atoms. The predicted molar refractivity (Wildman–Crippen MR) is 105 cm³/mol. The first-order valence-corrected chi connectivity index (χ1v) is 9.47. The van der Waals surface area contributed by atoms with Crippen molar-refractivity contribution in [3.8, 4) is 5.75 Å². The number of amides is 1. The highest BCUT2D eigenvalue weighted by Crippen LogP contribution is 2.32. The van der Waals surface area contributed by atoms with Gasteiger partial charge < -0.3 is 14.5 Å². The molecule has 1 N–H and O–H groups in total. The topological polar surface area (TPSA) is 34.0 Å². The average Bonchev–Trinajstić information content (AvgIpc) is 2.97. The number of benzene rings is 2. The summed E-state index contributed by atoms with van der Waals surface area (Å²) in [6, 6.07) is 15.6. The fourth-order valence-corrected chi connectivity index (χ4v) is 3.52. The molecule has 3 atom stereocenters.